The van der Waals surface area contributed by atoms with Crippen LogP contribution in [0.25, 0.3) is 0 Å². The van der Waals surface area contributed by atoms with Gasteiger partial charge in [-0.25, -0.2) is 0 Å². The van der Waals surface area contributed by atoms with E-state index in [4.69, 9.17) is 9.11 Å². The van der Waals surface area contributed by atoms with Gasteiger partial charge in [-0.05, 0) is 6.07 Å². The van der Waals surface area contributed by atoms with Crippen molar-refractivity contribution in [1.29, 1.82) is 0 Å². The monoisotopic (exact) mass is 236 g/mol. The van der Waals surface area contributed by atoms with Crippen molar-refractivity contribution in [2.45, 2.75) is 4.90 Å². The third-order valence-corrected chi connectivity index (χ3v) is 3.13. The van der Waals surface area contributed by atoms with Gasteiger partial charge >= 0.3 is 19.4 Å². The van der Waals surface area contributed by atoms with Crippen LogP contribution in [0.4, 0.5) is 5.69 Å². The first-order valence-corrected chi connectivity index (χ1v) is 6.12. The summed E-state index contributed by atoms with van der Waals surface area (Å²) in [6, 6.07) is 5.12. The normalized spacial score (nSPS) is 11.0. The van der Waals surface area contributed by atoms with E-state index in [1.807, 2.05) is 0 Å². The molecule has 6 nitrogen and oxygen atoms in total. The topological polar surface area (TPSA) is 101 Å². The van der Waals surface area contributed by atoms with Crippen molar-refractivity contribution in [1.82, 2.24) is 0 Å². The number of nitro benzene ring substituents is 1. The van der Waals surface area contributed by atoms with Gasteiger partial charge in [0.15, 0.2) is 0 Å². The smallest absolute Gasteiger partial charge is 0.258 e. The Hall–Kier alpha value is -1.09. The minimum absolute atomic E-state index is 0.161. The van der Waals surface area contributed by atoms with E-state index >= 15 is 0 Å². The lowest BCUT2D eigenvalue weighted by molar-refractivity contribution is -0.385. The van der Waals surface area contributed by atoms with Crippen LogP contribution in [-0.4, -0.2) is 18.2 Å². The molecule has 8 heteroatoms. The number of rotatable bonds is 2. The maximum Gasteiger partial charge on any atom is 0.436 e. The second-order valence-corrected chi connectivity index (χ2v) is 5.62. The van der Waals surface area contributed by atoms with Crippen LogP contribution in [-0.2, 0) is 19.4 Å². The van der Waals surface area contributed by atoms with E-state index in [2.05, 4.69) is 0 Å². The Morgan fingerprint density at radius 1 is 1.43 bits per heavy atom. The molecule has 0 fully saturated rings. The molecule has 2 N–H and O–H groups in total. The van der Waals surface area contributed by atoms with Gasteiger partial charge in [0.05, 0.1) is 11.0 Å². The summed E-state index contributed by atoms with van der Waals surface area (Å²) in [6.45, 7) is 0. The SMILES string of the molecule is O=[N+]([O-])c1cccc([S+]=S(=O)(O)O)c1. The molecule has 1 aromatic carbocycles. The van der Waals surface area contributed by atoms with Gasteiger partial charge in [-0.3, -0.25) is 19.2 Å². The summed E-state index contributed by atoms with van der Waals surface area (Å²) in [5.74, 6) is 0. The lowest BCUT2D eigenvalue weighted by Gasteiger charge is -1.86. The number of non-ortho nitro benzene ring substituents is 1. The molecule has 0 aliphatic rings. The van der Waals surface area contributed by atoms with Crippen molar-refractivity contribution in [3.8, 4) is 0 Å². The first kappa shape index (κ1) is 11.0. The van der Waals surface area contributed by atoms with Crippen molar-refractivity contribution in [2.24, 2.45) is 0 Å². The van der Waals surface area contributed by atoms with Crippen LogP contribution < -0.4 is 0 Å². The number of hydrogen-bond acceptors (Lipinski definition) is 3. The summed E-state index contributed by atoms with van der Waals surface area (Å²) >= 11 is 0. The molecule has 0 aliphatic heterocycles. The summed E-state index contributed by atoms with van der Waals surface area (Å²) < 4.78 is 27.7. The summed E-state index contributed by atoms with van der Waals surface area (Å²) in [4.78, 5) is 9.86. The van der Waals surface area contributed by atoms with Gasteiger partial charge in [-0.1, -0.05) is 0 Å². The van der Waals surface area contributed by atoms with Gasteiger partial charge in [-0.15, -0.1) is 0 Å². The molecule has 0 unspecified atom stereocenters. The Balaban J connectivity index is 3.20. The zero-order valence-electron chi connectivity index (χ0n) is 6.69. The molecule has 0 atom stereocenters. The highest BCUT2D eigenvalue weighted by molar-refractivity contribution is 8.34. The summed E-state index contributed by atoms with van der Waals surface area (Å²) in [5.41, 5.74) is -0.196. The standard InChI is InChI=1S/C6H5NO5S2/c8-7(9)5-2-1-3-6(4-5)13-14(10,11)12/h1-4H,(H-,10,11,12)/p+1. The summed E-state index contributed by atoms with van der Waals surface area (Å²) in [7, 11) is -3.71. The minimum atomic E-state index is -3.98. The number of nitrogens with zero attached hydrogens (tertiary/aromatic N) is 1. The van der Waals surface area contributed by atoms with Crippen molar-refractivity contribution in [3.05, 3.63) is 34.4 Å². The van der Waals surface area contributed by atoms with Gasteiger partial charge < -0.3 is 0 Å². The molecule has 0 radical (unpaired) electrons. The second-order valence-electron chi connectivity index (χ2n) is 2.29. The quantitative estimate of drug-likeness (QED) is 0.456. The largest absolute Gasteiger partial charge is 0.436 e. The zero-order valence-corrected chi connectivity index (χ0v) is 8.33. The molecule has 0 aliphatic carbocycles. The predicted octanol–water partition coefficient (Wildman–Crippen LogP) is 1.18. The van der Waals surface area contributed by atoms with E-state index in [1.54, 1.807) is 0 Å². The van der Waals surface area contributed by atoms with Gasteiger partial charge in [-0.2, -0.15) is 4.21 Å². The molecule has 0 amide bonds. The highest BCUT2D eigenvalue weighted by Gasteiger charge is 2.17. The van der Waals surface area contributed by atoms with E-state index in [0.29, 0.717) is 0 Å². The van der Waals surface area contributed by atoms with Gasteiger partial charge in [0.1, 0.15) is 0 Å². The molecule has 0 saturated heterocycles. The van der Waals surface area contributed by atoms with Gasteiger partial charge in [0, 0.05) is 12.1 Å². The first-order valence-electron chi connectivity index (χ1n) is 3.31. The Labute approximate surface area is 83.0 Å². The number of hydrogen-bond donors (Lipinski definition) is 2. The fourth-order valence-electron chi connectivity index (χ4n) is 0.774. The fraction of sp³-hybridized carbons (Fsp3) is 0. The highest BCUT2D eigenvalue weighted by Crippen LogP contribution is 2.13. The van der Waals surface area contributed by atoms with Crippen LogP contribution in [0.15, 0.2) is 29.2 Å². The average molecular weight is 236 g/mol. The second kappa shape index (κ2) is 3.96. The van der Waals surface area contributed by atoms with Gasteiger partial charge in [0.25, 0.3) is 10.6 Å². The van der Waals surface area contributed by atoms with Crippen LogP contribution in [0.1, 0.15) is 0 Å². The molecule has 1 rings (SSSR count). The number of benzene rings is 1. The maximum atomic E-state index is 10.5. The zero-order chi connectivity index (χ0) is 10.8. The van der Waals surface area contributed by atoms with Crippen LogP contribution in [0.2, 0.25) is 0 Å². The van der Waals surface area contributed by atoms with Crippen molar-refractivity contribution < 1.29 is 18.2 Å². The maximum absolute atomic E-state index is 10.5. The van der Waals surface area contributed by atoms with Crippen molar-refractivity contribution >= 4 is 25.1 Å². The van der Waals surface area contributed by atoms with Crippen molar-refractivity contribution in [2.75, 3.05) is 0 Å². The highest BCUT2D eigenvalue weighted by atomic mass is 32.9. The van der Waals surface area contributed by atoms with E-state index in [1.165, 1.54) is 18.2 Å². The Morgan fingerprint density at radius 2 is 2.07 bits per heavy atom. The van der Waals surface area contributed by atoms with E-state index in [-0.39, 0.29) is 20.9 Å². The molecular formula is C6H6NO5S2+. The third-order valence-electron chi connectivity index (χ3n) is 1.23. The van der Waals surface area contributed by atoms with Crippen molar-refractivity contribution in [3.63, 3.8) is 0 Å². The van der Waals surface area contributed by atoms with E-state index in [0.717, 1.165) is 6.07 Å². The summed E-state index contributed by atoms with van der Waals surface area (Å²) in [5, 5.41) is 10.3. The first-order chi connectivity index (χ1) is 6.38. The molecule has 0 bridgehead atoms. The molecule has 1 aromatic rings. The van der Waals surface area contributed by atoms with Crippen LogP contribution in [0.5, 0.6) is 0 Å². The summed E-state index contributed by atoms with van der Waals surface area (Å²) in [6.07, 6.45) is 0. The van der Waals surface area contributed by atoms with Crippen LogP contribution in [0, 0.1) is 10.1 Å². The average Bonchev–Trinajstić information content (AvgIpc) is 2.01. The molecule has 76 valence electrons. The Morgan fingerprint density at radius 3 is 2.57 bits per heavy atom. The Kier molecular flexibility index (Phi) is 3.11. The fourth-order valence-corrected chi connectivity index (χ4v) is 2.39. The van der Waals surface area contributed by atoms with Gasteiger partial charge in [0.2, 0.25) is 0 Å². The molecule has 0 heterocycles. The van der Waals surface area contributed by atoms with Crippen LogP contribution >= 0.6 is 0 Å². The molecule has 0 aromatic heterocycles. The lowest BCUT2D eigenvalue weighted by atomic mass is 10.3. The molecule has 0 saturated carbocycles. The number of nitro groups is 1. The van der Waals surface area contributed by atoms with E-state index < -0.39 is 14.0 Å². The van der Waals surface area contributed by atoms with E-state index in [9.17, 15) is 14.3 Å². The lowest BCUT2D eigenvalue weighted by Crippen LogP contribution is -1.96. The van der Waals surface area contributed by atoms with Crippen LogP contribution in [0.3, 0.4) is 0 Å². The molecule has 0 spiro atoms. The molecule has 14 heavy (non-hydrogen) atoms. The minimum Gasteiger partial charge on any atom is -0.258 e. The predicted molar refractivity (Wildman–Crippen MR) is 52.1 cm³/mol. The Bertz CT molecular complexity index is 469. The molecular weight excluding hydrogens is 230 g/mol. The third kappa shape index (κ3) is 3.34.